The molecule has 0 radical (unpaired) electrons. The molecule has 0 saturated carbocycles. The third-order valence-electron chi connectivity index (χ3n) is 3.66. The van der Waals surface area contributed by atoms with E-state index in [9.17, 15) is 13.2 Å². The van der Waals surface area contributed by atoms with Crippen molar-refractivity contribution in [2.24, 2.45) is 0 Å². The highest BCUT2D eigenvalue weighted by molar-refractivity contribution is 7.85. The highest BCUT2D eigenvalue weighted by Gasteiger charge is 2.38. The van der Waals surface area contributed by atoms with Crippen molar-refractivity contribution in [1.82, 2.24) is 0 Å². The van der Waals surface area contributed by atoms with E-state index in [2.05, 4.69) is 0 Å². The summed E-state index contributed by atoms with van der Waals surface area (Å²) >= 11 is 0. The van der Waals surface area contributed by atoms with Gasteiger partial charge in [-0.25, -0.2) is 0 Å². The predicted octanol–water partition coefficient (Wildman–Crippen LogP) is 2.26. The van der Waals surface area contributed by atoms with Gasteiger partial charge >= 0.3 is 0 Å². The van der Waals surface area contributed by atoms with Gasteiger partial charge in [0.05, 0.1) is 11.4 Å². The van der Waals surface area contributed by atoms with Gasteiger partial charge in [0.1, 0.15) is 6.79 Å². The molecule has 8 heteroatoms. The molecule has 1 amide bonds. The van der Waals surface area contributed by atoms with Gasteiger partial charge in [-0.15, -0.1) is 0 Å². The molecule has 1 aliphatic rings. The third kappa shape index (κ3) is 5.37. The largest absolute Gasteiger partial charge is 0.359 e. The summed E-state index contributed by atoms with van der Waals surface area (Å²) in [4.78, 5) is 13.2. The van der Waals surface area contributed by atoms with Crippen LogP contribution in [-0.2, 0) is 24.4 Å². The van der Waals surface area contributed by atoms with Gasteiger partial charge in [-0.3, -0.25) is 9.35 Å². The smallest absolute Gasteiger partial charge is 0.294 e. The van der Waals surface area contributed by atoms with E-state index in [1.807, 2.05) is 37.3 Å². The molecule has 7 nitrogen and oxygen atoms in total. The second-order valence-corrected chi connectivity index (χ2v) is 7.06. The first kappa shape index (κ1) is 20.1. The van der Waals surface area contributed by atoms with Crippen LogP contribution in [0.15, 0.2) is 59.5 Å². The van der Waals surface area contributed by atoms with Gasteiger partial charge in [-0.1, -0.05) is 35.9 Å². The van der Waals surface area contributed by atoms with Crippen molar-refractivity contribution in [2.75, 3.05) is 25.3 Å². The average molecular weight is 379 g/mol. The number of aryl methyl sites for hydroxylation is 1. The average Bonchev–Trinajstić information content (AvgIpc) is 2.61. The minimum Gasteiger partial charge on any atom is -0.359 e. The predicted molar refractivity (Wildman–Crippen MR) is 96.5 cm³/mol. The number of para-hydroxylation sites is 1. The Kier molecular flexibility index (Phi) is 6.87. The maximum Gasteiger partial charge on any atom is 0.294 e. The van der Waals surface area contributed by atoms with Gasteiger partial charge in [-0.2, -0.15) is 8.42 Å². The number of carbonyl (C=O) groups excluding carboxylic acids is 1. The molecule has 0 aromatic heterocycles. The Morgan fingerprint density at radius 3 is 2.23 bits per heavy atom. The first-order valence-corrected chi connectivity index (χ1v) is 9.28. The van der Waals surface area contributed by atoms with Crippen LogP contribution in [-0.4, -0.2) is 45.4 Å². The van der Waals surface area contributed by atoms with Crippen LogP contribution in [0.1, 0.15) is 5.56 Å². The Labute approximate surface area is 152 Å². The number of hydrogen-bond donors (Lipinski definition) is 1. The second kappa shape index (κ2) is 8.91. The second-order valence-electron chi connectivity index (χ2n) is 5.63. The number of hydrogen-bond acceptors (Lipinski definition) is 5. The summed E-state index contributed by atoms with van der Waals surface area (Å²) in [6, 6.07) is 15.5. The molecule has 1 unspecified atom stereocenters. The van der Waals surface area contributed by atoms with E-state index in [0.717, 1.165) is 11.3 Å². The van der Waals surface area contributed by atoms with Gasteiger partial charge in [0, 0.05) is 12.8 Å². The molecule has 1 N–H and O–H groups in total. The maximum absolute atomic E-state index is 11.6. The standard InChI is InChI=1S/C11H13NO3.C7H8O3S/c1-14-8-15-10-7-12(11(10)13)9-5-3-2-4-6-9;1-6-2-4-7(5-3-6)11(8,9)10/h2-6,10H,7-8H2,1H3;2-5H,1H3,(H,8,9,10). The Morgan fingerprint density at radius 2 is 1.73 bits per heavy atom. The van der Waals surface area contributed by atoms with Gasteiger partial charge in [-0.05, 0) is 31.2 Å². The number of β-lactam (4-membered cyclic amide) rings is 1. The van der Waals surface area contributed by atoms with Crippen LogP contribution in [0, 0.1) is 6.92 Å². The van der Waals surface area contributed by atoms with Crippen molar-refractivity contribution in [2.45, 2.75) is 17.9 Å². The number of rotatable bonds is 5. The normalized spacial score (nSPS) is 16.5. The number of benzene rings is 2. The van der Waals surface area contributed by atoms with Crippen LogP contribution >= 0.6 is 0 Å². The van der Waals surface area contributed by atoms with E-state index in [1.165, 1.54) is 19.2 Å². The highest BCUT2D eigenvalue weighted by Crippen LogP contribution is 2.23. The molecule has 1 heterocycles. The fourth-order valence-electron chi connectivity index (χ4n) is 2.22. The van der Waals surface area contributed by atoms with E-state index in [4.69, 9.17) is 14.0 Å². The zero-order chi connectivity index (χ0) is 19.2. The van der Waals surface area contributed by atoms with E-state index < -0.39 is 10.1 Å². The fourth-order valence-corrected chi connectivity index (χ4v) is 2.70. The molecule has 1 aliphatic heterocycles. The number of anilines is 1. The molecular formula is C18H21NO6S. The number of methoxy groups -OCH3 is 1. The topological polar surface area (TPSA) is 93.1 Å². The molecule has 1 atom stereocenters. The minimum absolute atomic E-state index is 0.00162. The van der Waals surface area contributed by atoms with Gasteiger partial charge in [0.15, 0.2) is 6.10 Å². The molecular weight excluding hydrogens is 358 g/mol. The first-order valence-electron chi connectivity index (χ1n) is 7.84. The number of amides is 1. The molecule has 3 rings (SSSR count). The van der Waals surface area contributed by atoms with Crippen LogP contribution in [0.4, 0.5) is 5.69 Å². The molecule has 0 aliphatic carbocycles. The molecule has 140 valence electrons. The van der Waals surface area contributed by atoms with Crippen molar-refractivity contribution < 1.29 is 27.2 Å². The Hall–Kier alpha value is -2.26. The summed E-state index contributed by atoms with van der Waals surface area (Å²) in [6.45, 7) is 2.61. The van der Waals surface area contributed by atoms with E-state index in [1.54, 1.807) is 17.0 Å². The van der Waals surface area contributed by atoms with E-state index in [-0.39, 0.29) is 23.7 Å². The summed E-state index contributed by atoms with van der Waals surface area (Å²) in [5.41, 5.74) is 1.87. The SMILES string of the molecule is COCOC1CN(c2ccccc2)C1=O.Cc1ccc(S(=O)(=O)O)cc1. The summed E-state index contributed by atoms with van der Waals surface area (Å²) in [6.07, 6.45) is -0.342. The lowest BCUT2D eigenvalue weighted by Gasteiger charge is -2.37. The zero-order valence-corrected chi connectivity index (χ0v) is 15.3. The summed E-state index contributed by atoms with van der Waals surface area (Å²) < 4.78 is 39.5. The molecule has 26 heavy (non-hydrogen) atoms. The van der Waals surface area contributed by atoms with Crippen molar-refractivity contribution in [3.05, 3.63) is 60.2 Å². The molecule has 1 saturated heterocycles. The molecule has 0 bridgehead atoms. The monoisotopic (exact) mass is 379 g/mol. The summed E-state index contributed by atoms with van der Waals surface area (Å²) in [7, 11) is -2.48. The van der Waals surface area contributed by atoms with Gasteiger partial charge in [0.2, 0.25) is 0 Å². The quantitative estimate of drug-likeness (QED) is 0.487. The number of carbonyl (C=O) groups is 1. The van der Waals surface area contributed by atoms with E-state index in [0.29, 0.717) is 6.54 Å². The summed E-state index contributed by atoms with van der Waals surface area (Å²) in [5, 5.41) is 0. The van der Waals surface area contributed by atoms with Gasteiger partial charge < -0.3 is 14.4 Å². The maximum atomic E-state index is 11.6. The third-order valence-corrected chi connectivity index (χ3v) is 4.53. The number of ether oxygens (including phenoxy) is 2. The van der Waals surface area contributed by atoms with Gasteiger partial charge in [0.25, 0.3) is 16.0 Å². The van der Waals surface area contributed by atoms with Crippen LogP contribution in [0.5, 0.6) is 0 Å². The van der Waals surface area contributed by atoms with E-state index >= 15 is 0 Å². The Bertz CT molecular complexity index is 821. The molecule has 1 fully saturated rings. The molecule has 2 aromatic carbocycles. The van der Waals surface area contributed by atoms with Crippen LogP contribution < -0.4 is 4.90 Å². The molecule has 0 spiro atoms. The van der Waals surface area contributed by atoms with Crippen molar-refractivity contribution in [3.63, 3.8) is 0 Å². The lowest BCUT2D eigenvalue weighted by molar-refractivity contribution is -0.147. The van der Waals surface area contributed by atoms with Crippen LogP contribution in [0.2, 0.25) is 0 Å². The zero-order valence-electron chi connectivity index (χ0n) is 14.5. The van der Waals surface area contributed by atoms with Crippen molar-refractivity contribution in [3.8, 4) is 0 Å². The minimum atomic E-state index is -4.02. The summed E-state index contributed by atoms with van der Waals surface area (Å²) in [5.74, 6) is -0.00162. The van der Waals surface area contributed by atoms with Crippen LogP contribution in [0.3, 0.4) is 0 Å². The highest BCUT2D eigenvalue weighted by atomic mass is 32.2. The van der Waals surface area contributed by atoms with Crippen molar-refractivity contribution >= 4 is 21.7 Å². The Balaban J connectivity index is 0.000000197. The Morgan fingerprint density at radius 1 is 1.12 bits per heavy atom. The number of nitrogens with zero attached hydrogens (tertiary/aromatic N) is 1. The molecule has 2 aromatic rings. The lowest BCUT2D eigenvalue weighted by atomic mass is 10.1. The fraction of sp³-hybridized carbons (Fsp3) is 0.278. The lowest BCUT2D eigenvalue weighted by Crippen LogP contribution is -2.58. The van der Waals surface area contributed by atoms with Crippen LogP contribution in [0.25, 0.3) is 0 Å². The van der Waals surface area contributed by atoms with Crippen molar-refractivity contribution in [1.29, 1.82) is 0 Å². The first-order chi connectivity index (χ1) is 12.3.